The molecular weight excluding hydrogens is 488 g/mol. The van der Waals surface area contributed by atoms with E-state index < -0.39 is 0 Å². The van der Waals surface area contributed by atoms with Gasteiger partial charge in [0.15, 0.2) is 5.13 Å². The molecule has 1 saturated carbocycles. The van der Waals surface area contributed by atoms with Gasteiger partial charge < -0.3 is 4.90 Å². The molecule has 4 atom stereocenters. The Bertz CT molecular complexity index is 1050. The first-order valence-corrected chi connectivity index (χ1v) is 13.0. The second-order valence-corrected chi connectivity index (χ2v) is 10.9. The van der Waals surface area contributed by atoms with Crippen molar-refractivity contribution in [2.24, 2.45) is 23.7 Å². The molecule has 0 spiro atoms. The minimum Gasteiger partial charge on any atom is -0.346 e. The summed E-state index contributed by atoms with van der Waals surface area (Å²) >= 11 is 5.17. The summed E-state index contributed by atoms with van der Waals surface area (Å²) in [7, 11) is 0. The Morgan fingerprint density at radius 2 is 1.59 bits per heavy atom. The van der Waals surface area contributed by atoms with Crippen molar-refractivity contribution in [2.75, 3.05) is 44.2 Å². The predicted octanol–water partition coefficient (Wildman–Crippen LogP) is 3.50. The van der Waals surface area contributed by atoms with E-state index in [-0.39, 0.29) is 35.5 Å². The lowest BCUT2D eigenvalue weighted by Gasteiger charge is -2.35. The van der Waals surface area contributed by atoms with Crippen LogP contribution in [-0.4, -0.2) is 65.9 Å². The van der Waals surface area contributed by atoms with Crippen molar-refractivity contribution >= 4 is 44.2 Å². The zero-order valence-electron chi connectivity index (χ0n) is 17.7. The van der Waals surface area contributed by atoms with Crippen molar-refractivity contribution in [1.82, 2.24) is 14.8 Å². The topological polar surface area (TPSA) is 56.8 Å². The SMILES string of the molecule is O=C1[C@@H]2[C@H](C(=O)N1CCN1CCN(c3nc(-c4ccc(Br)cc4)cs3)CC1)[C@H]1C=C[C@H]2C1. The number of nitrogens with zero attached hydrogens (tertiary/aromatic N) is 4. The van der Waals surface area contributed by atoms with Crippen LogP contribution in [0, 0.1) is 23.7 Å². The van der Waals surface area contributed by atoms with E-state index in [2.05, 4.69) is 55.4 Å². The average Bonchev–Trinajstić information content (AvgIpc) is 3.59. The van der Waals surface area contributed by atoms with E-state index in [0.29, 0.717) is 6.54 Å². The van der Waals surface area contributed by atoms with E-state index in [4.69, 9.17) is 4.98 Å². The van der Waals surface area contributed by atoms with Gasteiger partial charge in [-0.1, -0.05) is 40.2 Å². The number of anilines is 1. The first kappa shape index (κ1) is 20.6. The summed E-state index contributed by atoms with van der Waals surface area (Å²) in [6.45, 7) is 4.94. The minimum atomic E-state index is -0.0841. The van der Waals surface area contributed by atoms with Gasteiger partial charge in [-0.15, -0.1) is 11.3 Å². The van der Waals surface area contributed by atoms with Crippen LogP contribution in [0.25, 0.3) is 11.3 Å². The fourth-order valence-electron chi connectivity index (χ4n) is 5.75. The largest absolute Gasteiger partial charge is 0.346 e. The zero-order chi connectivity index (χ0) is 21.8. The summed E-state index contributed by atoms with van der Waals surface area (Å²) in [6, 6.07) is 8.24. The molecule has 2 bridgehead atoms. The molecule has 0 N–H and O–H groups in total. The summed E-state index contributed by atoms with van der Waals surface area (Å²) < 4.78 is 1.07. The molecule has 2 aromatic rings. The summed E-state index contributed by atoms with van der Waals surface area (Å²) in [4.78, 5) is 36.8. The Balaban J connectivity index is 1.03. The summed E-state index contributed by atoms with van der Waals surface area (Å²) in [6.07, 6.45) is 5.30. The number of rotatable bonds is 5. The summed E-state index contributed by atoms with van der Waals surface area (Å²) in [5.41, 5.74) is 2.14. The molecule has 3 fully saturated rings. The van der Waals surface area contributed by atoms with E-state index in [0.717, 1.165) is 60.0 Å². The number of thiazole rings is 1. The maximum absolute atomic E-state index is 12.9. The number of hydrogen-bond donors (Lipinski definition) is 0. The molecular formula is C24H25BrN4O2S. The highest BCUT2D eigenvalue weighted by atomic mass is 79.9. The van der Waals surface area contributed by atoms with Crippen molar-refractivity contribution < 1.29 is 9.59 Å². The van der Waals surface area contributed by atoms with Crippen LogP contribution in [0.2, 0.25) is 0 Å². The highest BCUT2D eigenvalue weighted by Gasteiger charge is 2.59. The van der Waals surface area contributed by atoms with Gasteiger partial charge in [0, 0.05) is 54.7 Å². The van der Waals surface area contributed by atoms with Gasteiger partial charge in [0.2, 0.25) is 11.8 Å². The molecule has 6 nitrogen and oxygen atoms in total. The monoisotopic (exact) mass is 512 g/mol. The number of halogens is 1. The molecule has 2 amide bonds. The Labute approximate surface area is 200 Å². The normalized spacial score (nSPS) is 29.4. The van der Waals surface area contributed by atoms with Crippen molar-refractivity contribution in [3.63, 3.8) is 0 Å². The second-order valence-electron chi connectivity index (χ2n) is 9.18. The van der Waals surface area contributed by atoms with Crippen LogP contribution in [0.5, 0.6) is 0 Å². The number of piperazine rings is 1. The van der Waals surface area contributed by atoms with Crippen LogP contribution < -0.4 is 4.90 Å². The van der Waals surface area contributed by atoms with E-state index in [1.807, 2.05) is 12.1 Å². The van der Waals surface area contributed by atoms with Gasteiger partial charge in [-0.3, -0.25) is 19.4 Å². The van der Waals surface area contributed by atoms with Crippen LogP contribution in [-0.2, 0) is 9.59 Å². The number of benzene rings is 1. The molecule has 3 heterocycles. The highest BCUT2D eigenvalue weighted by Crippen LogP contribution is 2.52. The quantitative estimate of drug-likeness (QED) is 0.453. The highest BCUT2D eigenvalue weighted by molar-refractivity contribution is 9.10. The third kappa shape index (κ3) is 3.43. The number of amides is 2. The fraction of sp³-hybridized carbons (Fsp3) is 0.458. The number of likely N-dealkylation sites (tertiary alicyclic amines) is 1. The molecule has 0 unspecified atom stereocenters. The Hall–Kier alpha value is -2.03. The summed E-state index contributed by atoms with van der Waals surface area (Å²) in [5.74, 6) is 0.544. The maximum Gasteiger partial charge on any atom is 0.233 e. The standard InChI is InChI=1S/C24H25BrN4O2S/c25-18-5-3-15(4-6-18)19-14-32-24(26-19)28-10-7-27(8-11-28)9-12-29-22(30)20-16-1-2-17(13-16)21(20)23(29)31/h1-6,14,16-17,20-21H,7-13H2/t16-,17-,20-,21+/m0/s1. The number of imide groups is 1. The average molecular weight is 513 g/mol. The minimum absolute atomic E-state index is 0.0683. The molecule has 2 saturated heterocycles. The van der Waals surface area contributed by atoms with E-state index in [9.17, 15) is 9.59 Å². The number of hydrogen-bond acceptors (Lipinski definition) is 6. The number of aromatic nitrogens is 1. The van der Waals surface area contributed by atoms with Crippen LogP contribution in [0.3, 0.4) is 0 Å². The number of allylic oxidation sites excluding steroid dienone is 2. The smallest absolute Gasteiger partial charge is 0.233 e. The lowest BCUT2D eigenvalue weighted by molar-refractivity contribution is -0.140. The maximum atomic E-state index is 12.9. The Kier molecular flexibility index (Phi) is 5.19. The second kappa shape index (κ2) is 8.08. The van der Waals surface area contributed by atoms with Crippen molar-refractivity contribution in [3.05, 3.63) is 46.3 Å². The lowest BCUT2D eigenvalue weighted by Crippen LogP contribution is -2.49. The number of fused-ring (bicyclic) bond motifs is 5. The van der Waals surface area contributed by atoms with Crippen molar-refractivity contribution in [2.45, 2.75) is 6.42 Å². The molecule has 1 aromatic heterocycles. The van der Waals surface area contributed by atoms with E-state index >= 15 is 0 Å². The molecule has 2 aliphatic heterocycles. The molecule has 166 valence electrons. The molecule has 1 aromatic carbocycles. The van der Waals surface area contributed by atoms with Gasteiger partial charge in [-0.25, -0.2) is 4.98 Å². The fourth-order valence-corrected chi connectivity index (χ4v) is 6.90. The van der Waals surface area contributed by atoms with Gasteiger partial charge in [-0.2, -0.15) is 0 Å². The lowest BCUT2D eigenvalue weighted by atomic mass is 9.85. The van der Waals surface area contributed by atoms with Gasteiger partial charge >= 0.3 is 0 Å². The van der Waals surface area contributed by atoms with Gasteiger partial charge in [-0.05, 0) is 30.4 Å². The third-order valence-corrected chi connectivity index (χ3v) is 8.91. The van der Waals surface area contributed by atoms with Crippen LogP contribution >= 0.6 is 27.3 Å². The van der Waals surface area contributed by atoms with Crippen LogP contribution in [0.15, 0.2) is 46.3 Å². The molecule has 4 aliphatic rings. The predicted molar refractivity (Wildman–Crippen MR) is 128 cm³/mol. The van der Waals surface area contributed by atoms with E-state index in [1.165, 1.54) is 0 Å². The van der Waals surface area contributed by atoms with Crippen molar-refractivity contribution in [3.8, 4) is 11.3 Å². The third-order valence-electron chi connectivity index (χ3n) is 7.48. The molecule has 8 heteroatoms. The van der Waals surface area contributed by atoms with Gasteiger partial charge in [0.1, 0.15) is 0 Å². The van der Waals surface area contributed by atoms with Gasteiger partial charge in [0.05, 0.1) is 17.5 Å². The first-order chi connectivity index (χ1) is 15.6. The van der Waals surface area contributed by atoms with Crippen LogP contribution in [0.4, 0.5) is 5.13 Å². The molecule has 2 aliphatic carbocycles. The van der Waals surface area contributed by atoms with Crippen LogP contribution in [0.1, 0.15) is 6.42 Å². The van der Waals surface area contributed by atoms with E-state index in [1.54, 1.807) is 16.2 Å². The zero-order valence-corrected chi connectivity index (χ0v) is 20.1. The number of carbonyl (C=O) groups is 2. The molecule has 0 radical (unpaired) electrons. The number of carbonyl (C=O) groups excluding carboxylic acids is 2. The first-order valence-electron chi connectivity index (χ1n) is 11.3. The summed E-state index contributed by atoms with van der Waals surface area (Å²) in [5, 5.41) is 3.18. The Morgan fingerprint density at radius 3 is 2.25 bits per heavy atom. The van der Waals surface area contributed by atoms with Gasteiger partial charge in [0.25, 0.3) is 0 Å². The van der Waals surface area contributed by atoms with Crippen molar-refractivity contribution in [1.29, 1.82) is 0 Å². The molecule has 6 rings (SSSR count). The molecule has 32 heavy (non-hydrogen) atoms. The Morgan fingerprint density at radius 1 is 0.938 bits per heavy atom.